The molecule has 50 heavy (non-hydrogen) atoms. The molecule has 0 radical (unpaired) electrons. The third-order valence-electron chi connectivity index (χ3n) is 10.2. The maximum Gasteiger partial charge on any atom is 0.313 e. The number of fused-ring (bicyclic) bond motifs is 2. The molecule has 0 aliphatic carbocycles. The summed E-state index contributed by atoms with van der Waals surface area (Å²) in [6, 6.07) is 14.7. The standard InChI is InChI=1S/C37H44N6O7/c1-4-7-17-30(45)38-21-29(24-13-9-8-10-14-24)49-36(48)31-28-18-19-37(50-28)32(31)34(46)43(25(6-3)22-44)33(37)35(47)41(20-5-2)23-42-27-16-12-11-15-26(27)39-40-42/h4-5,8-16,25,28-29,31-33,44H,1-2,6-7,17-23H2,3H3,(H,38,45)/t25-,28+,29+,31-,32-,33+,37-/m0/s1. The van der Waals surface area contributed by atoms with Gasteiger partial charge in [-0.3, -0.25) is 19.2 Å². The first-order valence-corrected chi connectivity index (χ1v) is 17.2. The highest BCUT2D eigenvalue weighted by atomic mass is 16.6. The summed E-state index contributed by atoms with van der Waals surface area (Å²) < 4.78 is 14.4. The second kappa shape index (κ2) is 14.9. The molecule has 6 rings (SSSR count). The monoisotopic (exact) mass is 684 g/mol. The van der Waals surface area contributed by atoms with E-state index in [0.29, 0.717) is 36.8 Å². The third kappa shape index (κ3) is 6.31. The first-order chi connectivity index (χ1) is 24.3. The van der Waals surface area contributed by atoms with Crippen LogP contribution in [-0.4, -0.2) is 97.1 Å². The van der Waals surface area contributed by atoms with Gasteiger partial charge in [0, 0.05) is 13.0 Å². The van der Waals surface area contributed by atoms with Gasteiger partial charge in [-0.15, -0.1) is 18.3 Å². The minimum Gasteiger partial charge on any atom is -0.455 e. The van der Waals surface area contributed by atoms with Crippen LogP contribution >= 0.6 is 0 Å². The Kier molecular flexibility index (Phi) is 10.4. The maximum absolute atomic E-state index is 14.8. The number of carbonyl (C=O) groups is 4. The number of benzene rings is 2. The Morgan fingerprint density at radius 3 is 2.64 bits per heavy atom. The fourth-order valence-electron chi connectivity index (χ4n) is 7.82. The number of likely N-dealkylation sites (tertiary alicyclic amines) is 1. The average molecular weight is 685 g/mol. The van der Waals surface area contributed by atoms with E-state index in [1.807, 2.05) is 61.5 Å². The lowest BCUT2D eigenvalue weighted by Crippen LogP contribution is -2.58. The number of para-hydroxylation sites is 1. The zero-order valence-electron chi connectivity index (χ0n) is 28.2. The van der Waals surface area contributed by atoms with E-state index in [4.69, 9.17) is 9.47 Å². The Bertz CT molecular complexity index is 1740. The molecule has 1 spiro atoms. The quantitative estimate of drug-likeness (QED) is 0.171. The molecular formula is C37H44N6O7. The summed E-state index contributed by atoms with van der Waals surface area (Å²) >= 11 is 0. The van der Waals surface area contributed by atoms with Crippen LogP contribution in [0.2, 0.25) is 0 Å². The fraction of sp³-hybridized carbons (Fsp3) is 0.459. The summed E-state index contributed by atoms with van der Waals surface area (Å²) in [7, 11) is 0. The van der Waals surface area contributed by atoms with E-state index in [1.165, 1.54) is 4.90 Å². The minimum absolute atomic E-state index is 0.0345. The van der Waals surface area contributed by atoms with Gasteiger partial charge in [-0.25, -0.2) is 4.68 Å². The number of ether oxygens (including phenoxy) is 2. The molecule has 3 aliphatic heterocycles. The van der Waals surface area contributed by atoms with E-state index in [2.05, 4.69) is 28.8 Å². The Labute approximate surface area is 290 Å². The Hall–Kier alpha value is -4.88. The predicted molar refractivity (Wildman–Crippen MR) is 183 cm³/mol. The van der Waals surface area contributed by atoms with Gasteiger partial charge in [-0.2, -0.15) is 0 Å². The number of rotatable bonds is 16. The van der Waals surface area contributed by atoms with Crippen LogP contribution in [0.1, 0.15) is 50.7 Å². The van der Waals surface area contributed by atoms with E-state index in [0.717, 1.165) is 5.52 Å². The van der Waals surface area contributed by atoms with E-state index in [1.54, 1.807) is 21.7 Å². The van der Waals surface area contributed by atoms with Gasteiger partial charge < -0.3 is 29.7 Å². The molecule has 4 heterocycles. The summed E-state index contributed by atoms with van der Waals surface area (Å²) in [5, 5.41) is 21.8. The zero-order chi connectivity index (χ0) is 35.4. The number of nitrogens with zero attached hydrogens (tertiary/aromatic N) is 5. The van der Waals surface area contributed by atoms with E-state index in [-0.39, 0.29) is 38.7 Å². The Balaban J connectivity index is 1.31. The molecule has 3 amide bonds. The van der Waals surface area contributed by atoms with Crippen LogP contribution in [0.5, 0.6) is 0 Å². The maximum atomic E-state index is 14.8. The normalized spacial score (nSPS) is 24.8. The summed E-state index contributed by atoms with van der Waals surface area (Å²) in [6.45, 7) is 9.20. The van der Waals surface area contributed by atoms with Crippen molar-refractivity contribution in [3.63, 3.8) is 0 Å². The predicted octanol–water partition coefficient (Wildman–Crippen LogP) is 2.92. The molecule has 0 saturated carbocycles. The smallest absolute Gasteiger partial charge is 0.313 e. The Morgan fingerprint density at radius 2 is 1.92 bits per heavy atom. The lowest BCUT2D eigenvalue weighted by molar-refractivity contribution is -0.161. The third-order valence-corrected chi connectivity index (χ3v) is 10.2. The molecule has 3 fully saturated rings. The van der Waals surface area contributed by atoms with Gasteiger partial charge in [0.1, 0.15) is 29.9 Å². The number of nitrogens with one attached hydrogen (secondary N) is 1. The number of esters is 1. The number of aromatic nitrogens is 3. The number of aliphatic hydroxyl groups is 1. The fourth-order valence-corrected chi connectivity index (χ4v) is 7.82. The largest absolute Gasteiger partial charge is 0.455 e. The van der Waals surface area contributed by atoms with Crippen LogP contribution in [-0.2, 0) is 35.3 Å². The first kappa shape index (κ1) is 35.0. The van der Waals surface area contributed by atoms with Crippen molar-refractivity contribution in [1.29, 1.82) is 0 Å². The van der Waals surface area contributed by atoms with Crippen molar-refractivity contribution in [1.82, 2.24) is 30.1 Å². The minimum atomic E-state index is -1.31. The number of amides is 3. The molecule has 3 aliphatic rings. The Morgan fingerprint density at radius 1 is 1.16 bits per heavy atom. The summed E-state index contributed by atoms with van der Waals surface area (Å²) in [4.78, 5) is 59.0. The second-order valence-corrected chi connectivity index (χ2v) is 13.1. The average Bonchev–Trinajstić information content (AvgIpc) is 3.89. The van der Waals surface area contributed by atoms with Crippen LogP contribution in [0.3, 0.4) is 0 Å². The molecule has 3 saturated heterocycles. The van der Waals surface area contributed by atoms with Crippen molar-refractivity contribution in [2.75, 3.05) is 19.7 Å². The number of aliphatic hydroxyl groups excluding tert-OH is 1. The topological polar surface area (TPSA) is 156 Å². The van der Waals surface area contributed by atoms with E-state index >= 15 is 0 Å². The van der Waals surface area contributed by atoms with Crippen molar-refractivity contribution < 1.29 is 33.8 Å². The van der Waals surface area contributed by atoms with Gasteiger partial charge in [0.2, 0.25) is 17.7 Å². The molecule has 2 N–H and O–H groups in total. The van der Waals surface area contributed by atoms with Gasteiger partial charge >= 0.3 is 5.97 Å². The number of hydrogen-bond acceptors (Lipinski definition) is 9. The lowest BCUT2D eigenvalue weighted by Gasteiger charge is -2.39. The van der Waals surface area contributed by atoms with E-state index in [9.17, 15) is 24.3 Å². The van der Waals surface area contributed by atoms with Crippen molar-refractivity contribution >= 4 is 34.7 Å². The molecule has 0 unspecified atom stereocenters. The lowest BCUT2D eigenvalue weighted by atomic mass is 9.70. The molecule has 2 bridgehead atoms. The highest BCUT2D eigenvalue weighted by Crippen LogP contribution is 2.59. The van der Waals surface area contributed by atoms with Crippen molar-refractivity contribution in [3.05, 3.63) is 85.5 Å². The number of hydrogen-bond donors (Lipinski definition) is 2. The number of carbonyl (C=O) groups excluding carboxylic acids is 4. The molecule has 13 heteroatoms. The van der Waals surface area contributed by atoms with Crippen LogP contribution in [0.25, 0.3) is 11.0 Å². The molecule has 264 valence electrons. The summed E-state index contributed by atoms with van der Waals surface area (Å²) in [5.41, 5.74) is 0.779. The van der Waals surface area contributed by atoms with Gasteiger partial charge in [-0.1, -0.05) is 66.8 Å². The van der Waals surface area contributed by atoms with Crippen molar-refractivity contribution in [2.45, 2.75) is 75.6 Å². The highest BCUT2D eigenvalue weighted by molar-refractivity contribution is 5.98. The van der Waals surface area contributed by atoms with Crippen LogP contribution in [0.4, 0.5) is 0 Å². The van der Waals surface area contributed by atoms with Crippen molar-refractivity contribution in [3.8, 4) is 0 Å². The highest BCUT2D eigenvalue weighted by Gasteiger charge is 2.75. The molecule has 7 atom stereocenters. The summed E-state index contributed by atoms with van der Waals surface area (Å²) in [6.07, 6.45) is 3.76. The zero-order valence-corrected chi connectivity index (χ0v) is 28.2. The number of allylic oxidation sites excluding steroid dienone is 1. The molecular weight excluding hydrogens is 640 g/mol. The molecule has 1 aromatic heterocycles. The SMILES string of the molecule is C=CCCC(=O)NC[C@@H](OC(=O)[C@@H]1[C@H]2C(=O)N([C@@H](CC)CO)[C@H](C(=O)N(CC=C)Cn3nnc4ccccc43)[C@]23CC[C@H]1O3)c1ccccc1. The second-order valence-electron chi connectivity index (χ2n) is 13.1. The van der Waals surface area contributed by atoms with Gasteiger partial charge in [0.05, 0.1) is 42.6 Å². The molecule has 2 aromatic carbocycles. The van der Waals surface area contributed by atoms with Crippen molar-refractivity contribution in [2.24, 2.45) is 11.8 Å². The van der Waals surface area contributed by atoms with Crippen LogP contribution in [0, 0.1) is 11.8 Å². The molecule has 3 aromatic rings. The van der Waals surface area contributed by atoms with Gasteiger partial charge in [0.25, 0.3) is 0 Å². The summed E-state index contributed by atoms with van der Waals surface area (Å²) in [5.74, 6) is -3.64. The van der Waals surface area contributed by atoms with Gasteiger partial charge in [-0.05, 0) is 43.4 Å². The van der Waals surface area contributed by atoms with Gasteiger partial charge in [0.15, 0.2) is 0 Å². The van der Waals surface area contributed by atoms with E-state index < -0.39 is 59.5 Å². The van der Waals surface area contributed by atoms with Crippen LogP contribution in [0.15, 0.2) is 79.9 Å². The van der Waals surface area contributed by atoms with Crippen LogP contribution < -0.4 is 5.32 Å². The molecule has 13 nitrogen and oxygen atoms in total. The first-order valence-electron chi connectivity index (χ1n) is 17.2.